The van der Waals surface area contributed by atoms with E-state index < -0.39 is 29.5 Å². The van der Waals surface area contributed by atoms with Crippen LogP contribution in [0.4, 0.5) is 0 Å². The molecule has 0 aromatic heterocycles. The van der Waals surface area contributed by atoms with Crippen LogP contribution in [0.5, 0.6) is 11.5 Å². The maximum atomic E-state index is 9.84. The summed E-state index contributed by atoms with van der Waals surface area (Å²) in [6.45, 7) is 14.4. The van der Waals surface area contributed by atoms with Crippen molar-refractivity contribution in [1.82, 2.24) is 0 Å². The Labute approximate surface area is 212 Å². The van der Waals surface area contributed by atoms with Crippen molar-refractivity contribution < 1.29 is 28.6 Å². The minimum absolute atomic E-state index is 0.215. The van der Waals surface area contributed by atoms with E-state index >= 15 is 0 Å². The lowest BCUT2D eigenvalue weighted by atomic mass is 9.79. The molecule has 1 heterocycles. The lowest BCUT2D eigenvalue weighted by Crippen LogP contribution is -2.51. The minimum Gasteiger partial charge on any atom is -0.491 e. The first-order chi connectivity index (χ1) is 15.7. The van der Waals surface area contributed by atoms with Crippen molar-refractivity contribution in [1.29, 1.82) is 0 Å². The molecule has 1 fully saturated rings. The molecular formula is C26H36BBrO6. The molecular weight excluding hydrogens is 499 g/mol. The Morgan fingerprint density at radius 3 is 1.94 bits per heavy atom. The number of rotatable bonds is 10. The monoisotopic (exact) mass is 534 g/mol. The molecule has 1 saturated heterocycles. The Morgan fingerprint density at radius 1 is 0.853 bits per heavy atom. The van der Waals surface area contributed by atoms with Crippen molar-refractivity contribution >= 4 is 28.5 Å². The van der Waals surface area contributed by atoms with Gasteiger partial charge in [-0.25, -0.2) is 0 Å². The van der Waals surface area contributed by atoms with Gasteiger partial charge in [0.25, 0.3) is 0 Å². The van der Waals surface area contributed by atoms with E-state index in [1.165, 1.54) is 0 Å². The largest absolute Gasteiger partial charge is 0.494 e. The van der Waals surface area contributed by atoms with Gasteiger partial charge in [0.2, 0.25) is 0 Å². The molecule has 3 rings (SSSR count). The summed E-state index contributed by atoms with van der Waals surface area (Å²) in [5.41, 5.74) is -1.75. The van der Waals surface area contributed by atoms with E-state index in [1.807, 2.05) is 83.1 Å². The maximum Gasteiger partial charge on any atom is 0.494 e. The van der Waals surface area contributed by atoms with Crippen LogP contribution in [0, 0.1) is 0 Å². The fraction of sp³-hybridized carbons (Fsp3) is 0.538. The zero-order chi connectivity index (χ0) is 25.2. The first kappa shape index (κ1) is 27.0. The quantitative estimate of drug-likeness (QED) is 0.443. The molecule has 1 atom stereocenters. The van der Waals surface area contributed by atoms with Crippen LogP contribution in [0.1, 0.15) is 48.5 Å². The third kappa shape index (κ3) is 7.21. The molecule has 6 nitrogen and oxygen atoms in total. The maximum absolute atomic E-state index is 9.84. The van der Waals surface area contributed by atoms with E-state index in [-0.39, 0.29) is 6.61 Å². The summed E-state index contributed by atoms with van der Waals surface area (Å²) in [4.78, 5) is 0. The average Bonchev–Trinajstić information content (AvgIpc) is 3.00. The molecule has 34 heavy (non-hydrogen) atoms. The van der Waals surface area contributed by atoms with Gasteiger partial charge in [-0.05, 0) is 90.3 Å². The smallest absolute Gasteiger partial charge is 0.491 e. The molecule has 2 aromatic carbocycles. The van der Waals surface area contributed by atoms with Gasteiger partial charge in [0.15, 0.2) is 0 Å². The second kappa shape index (κ2) is 10.2. The summed E-state index contributed by atoms with van der Waals surface area (Å²) in [5, 5.41) is 9.84. The van der Waals surface area contributed by atoms with Gasteiger partial charge >= 0.3 is 7.12 Å². The van der Waals surface area contributed by atoms with Gasteiger partial charge in [0, 0.05) is 4.47 Å². The first-order valence-corrected chi connectivity index (χ1v) is 12.3. The SMILES string of the molecule is CC(C)(O)COc1ccc(B2OC(C)(C)C(C)(COC(C)(C)COc3ccc(Br)cc3)O2)cc1. The molecule has 8 heteroatoms. The highest BCUT2D eigenvalue weighted by molar-refractivity contribution is 9.10. The van der Waals surface area contributed by atoms with Crippen molar-refractivity contribution in [3.63, 3.8) is 0 Å². The number of benzene rings is 2. The zero-order valence-corrected chi connectivity index (χ0v) is 22.8. The van der Waals surface area contributed by atoms with Crippen molar-refractivity contribution in [2.75, 3.05) is 19.8 Å². The summed E-state index contributed by atoms with van der Waals surface area (Å²) in [6.07, 6.45) is 0. The van der Waals surface area contributed by atoms with Crippen molar-refractivity contribution in [3.8, 4) is 11.5 Å². The Balaban J connectivity index is 1.58. The highest BCUT2D eigenvalue weighted by Gasteiger charge is 2.55. The van der Waals surface area contributed by atoms with Gasteiger partial charge in [-0.1, -0.05) is 28.1 Å². The van der Waals surface area contributed by atoms with Crippen LogP contribution in [0.15, 0.2) is 53.0 Å². The van der Waals surface area contributed by atoms with Gasteiger partial charge in [0.05, 0.1) is 23.4 Å². The van der Waals surface area contributed by atoms with E-state index in [4.69, 9.17) is 23.5 Å². The highest BCUT2D eigenvalue weighted by atomic mass is 79.9. The van der Waals surface area contributed by atoms with Gasteiger partial charge in [-0.15, -0.1) is 0 Å². The van der Waals surface area contributed by atoms with Crippen LogP contribution < -0.4 is 14.9 Å². The van der Waals surface area contributed by atoms with E-state index in [2.05, 4.69) is 15.9 Å². The molecule has 1 unspecified atom stereocenters. The second-order valence-corrected chi connectivity index (χ2v) is 11.7. The molecule has 0 spiro atoms. The Bertz CT molecular complexity index is 939. The summed E-state index contributed by atoms with van der Waals surface area (Å²) in [5.74, 6) is 1.48. The fourth-order valence-electron chi connectivity index (χ4n) is 3.28. The number of aliphatic hydroxyl groups is 1. The van der Waals surface area contributed by atoms with Gasteiger partial charge < -0.3 is 28.6 Å². The predicted octanol–water partition coefficient (Wildman–Crippen LogP) is 4.75. The van der Waals surface area contributed by atoms with E-state index in [1.54, 1.807) is 13.8 Å². The molecule has 0 bridgehead atoms. The number of halogens is 1. The van der Waals surface area contributed by atoms with E-state index in [0.29, 0.717) is 19.0 Å². The summed E-state index contributed by atoms with van der Waals surface area (Å²) in [7, 11) is -0.519. The van der Waals surface area contributed by atoms with Crippen LogP contribution in [-0.2, 0) is 14.0 Å². The van der Waals surface area contributed by atoms with Gasteiger partial charge in [-0.2, -0.15) is 0 Å². The Morgan fingerprint density at radius 2 is 1.38 bits per heavy atom. The Hall–Kier alpha value is -1.58. The van der Waals surface area contributed by atoms with Gasteiger partial charge in [-0.3, -0.25) is 0 Å². The molecule has 0 saturated carbocycles. The second-order valence-electron chi connectivity index (χ2n) is 10.8. The predicted molar refractivity (Wildman–Crippen MR) is 138 cm³/mol. The highest BCUT2D eigenvalue weighted by Crippen LogP contribution is 2.38. The fourth-order valence-corrected chi connectivity index (χ4v) is 3.55. The van der Waals surface area contributed by atoms with E-state index in [0.717, 1.165) is 15.7 Å². The molecule has 1 N–H and O–H groups in total. The molecule has 186 valence electrons. The molecule has 2 aromatic rings. The standard InChI is InChI=1S/C26H36BBrO6/c1-23(2,29)16-30-21-12-8-19(9-13-21)27-33-25(5,6)26(7,34-27)18-32-24(3,4)17-31-22-14-10-20(28)11-15-22/h8-15,29H,16-18H2,1-7H3. The van der Waals surface area contributed by atoms with E-state index in [9.17, 15) is 5.11 Å². The number of hydrogen-bond donors (Lipinski definition) is 1. The number of ether oxygens (including phenoxy) is 3. The third-order valence-corrected chi connectivity index (χ3v) is 6.45. The topological polar surface area (TPSA) is 66.4 Å². The van der Waals surface area contributed by atoms with Crippen LogP contribution >= 0.6 is 15.9 Å². The molecule has 0 amide bonds. The lowest BCUT2D eigenvalue weighted by molar-refractivity contribution is -0.128. The lowest BCUT2D eigenvalue weighted by Gasteiger charge is -2.38. The molecule has 1 aliphatic rings. The molecule has 0 radical (unpaired) electrons. The number of hydrogen-bond acceptors (Lipinski definition) is 6. The average molecular weight is 535 g/mol. The van der Waals surface area contributed by atoms with Crippen LogP contribution in [0.2, 0.25) is 0 Å². The van der Waals surface area contributed by atoms with Gasteiger partial charge in [0.1, 0.15) is 30.3 Å². The van der Waals surface area contributed by atoms with Crippen LogP contribution in [0.25, 0.3) is 0 Å². The summed E-state index contributed by atoms with van der Waals surface area (Å²) >= 11 is 3.43. The summed E-state index contributed by atoms with van der Waals surface area (Å²) < 4.78 is 31.5. The van der Waals surface area contributed by atoms with Crippen LogP contribution in [0.3, 0.4) is 0 Å². The molecule has 0 aliphatic carbocycles. The summed E-state index contributed by atoms with van der Waals surface area (Å²) in [6, 6.07) is 15.3. The Kier molecular flexibility index (Phi) is 8.10. The zero-order valence-electron chi connectivity index (χ0n) is 21.2. The van der Waals surface area contributed by atoms with Crippen molar-refractivity contribution in [2.45, 2.75) is 70.9 Å². The minimum atomic E-state index is -0.890. The first-order valence-electron chi connectivity index (χ1n) is 11.5. The van der Waals surface area contributed by atoms with Crippen LogP contribution in [-0.4, -0.2) is 54.4 Å². The normalized spacial score (nSPS) is 20.4. The van der Waals surface area contributed by atoms with Crippen molar-refractivity contribution in [3.05, 3.63) is 53.0 Å². The van der Waals surface area contributed by atoms with Crippen molar-refractivity contribution in [2.24, 2.45) is 0 Å². The third-order valence-electron chi connectivity index (χ3n) is 5.93. The molecule has 1 aliphatic heterocycles.